The third-order valence-electron chi connectivity index (χ3n) is 4.37. The van der Waals surface area contributed by atoms with E-state index in [1.54, 1.807) is 0 Å². The average molecular weight is 295 g/mol. The van der Waals surface area contributed by atoms with Gasteiger partial charge in [-0.25, -0.2) is 0 Å². The number of nitrogens with two attached hydrogens (primary N) is 1. The molecule has 3 nitrogen and oxygen atoms in total. The Morgan fingerprint density at radius 2 is 1.59 bits per heavy atom. The quantitative estimate of drug-likeness (QED) is 0.943. The average Bonchev–Trinajstić information content (AvgIpc) is 2.69. The molecule has 0 saturated heterocycles. The van der Waals surface area contributed by atoms with E-state index in [2.05, 4.69) is 24.3 Å². The minimum absolute atomic E-state index is 0.132. The summed E-state index contributed by atoms with van der Waals surface area (Å²) in [6, 6.07) is 16.6. The first-order valence-corrected chi connectivity index (χ1v) is 7.79. The van der Waals surface area contributed by atoms with E-state index in [-0.39, 0.29) is 5.92 Å². The first kappa shape index (κ1) is 14.8. The highest BCUT2D eigenvalue weighted by Crippen LogP contribution is 2.37. The Labute approximate surface area is 131 Å². The lowest BCUT2D eigenvalue weighted by atomic mass is 9.83. The van der Waals surface area contributed by atoms with Crippen LogP contribution in [-0.4, -0.2) is 18.6 Å². The van der Waals surface area contributed by atoms with E-state index >= 15 is 0 Å². The number of hydrogen-bond donors (Lipinski definition) is 1. The molecule has 0 saturated carbocycles. The van der Waals surface area contributed by atoms with Gasteiger partial charge in [-0.2, -0.15) is 0 Å². The number of rotatable bonds is 4. The summed E-state index contributed by atoms with van der Waals surface area (Å²) in [5, 5.41) is 0. The molecule has 3 rings (SSSR count). The molecule has 0 radical (unpaired) electrons. The van der Waals surface area contributed by atoms with Crippen molar-refractivity contribution in [3.63, 3.8) is 0 Å². The standard InChI is InChI=1S/C19H21NO2/c1-2-22-18(19(20)21)17-15-9-5-3-7-13(15)11-12-14-8-4-6-10-16(14)17/h3-10,17-18H,2,11-12H2,1H3,(H2,20,21). The fourth-order valence-electron chi connectivity index (χ4n) is 3.42. The van der Waals surface area contributed by atoms with Crippen LogP contribution in [0.2, 0.25) is 0 Å². The number of ether oxygens (including phenoxy) is 1. The third kappa shape index (κ3) is 2.64. The number of primary amides is 1. The van der Waals surface area contributed by atoms with Crippen LogP contribution in [0.15, 0.2) is 48.5 Å². The number of fused-ring (bicyclic) bond motifs is 2. The second kappa shape index (κ2) is 6.32. The predicted octanol–water partition coefficient (Wildman–Crippen LogP) is 2.81. The van der Waals surface area contributed by atoms with Gasteiger partial charge in [-0.1, -0.05) is 48.5 Å². The van der Waals surface area contributed by atoms with Gasteiger partial charge in [0.1, 0.15) is 6.10 Å². The molecule has 2 N–H and O–H groups in total. The molecule has 1 aliphatic rings. The Morgan fingerprint density at radius 3 is 2.05 bits per heavy atom. The minimum atomic E-state index is -0.634. The van der Waals surface area contributed by atoms with Gasteiger partial charge in [-0.3, -0.25) is 4.79 Å². The van der Waals surface area contributed by atoms with Crippen LogP contribution in [0, 0.1) is 0 Å². The summed E-state index contributed by atoms with van der Waals surface area (Å²) in [5.41, 5.74) is 10.5. The van der Waals surface area contributed by atoms with E-state index in [0.717, 1.165) is 24.0 Å². The highest BCUT2D eigenvalue weighted by Gasteiger charge is 2.34. The van der Waals surface area contributed by atoms with Crippen LogP contribution in [0.4, 0.5) is 0 Å². The SMILES string of the molecule is CCOC(C(N)=O)C1c2ccccc2CCc2ccccc21. The number of aryl methyl sites for hydroxylation is 2. The van der Waals surface area contributed by atoms with Crippen molar-refractivity contribution < 1.29 is 9.53 Å². The van der Waals surface area contributed by atoms with E-state index in [0.29, 0.717) is 6.61 Å². The molecular formula is C19H21NO2. The molecular weight excluding hydrogens is 274 g/mol. The highest BCUT2D eigenvalue weighted by atomic mass is 16.5. The Bertz CT molecular complexity index is 633. The molecule has 0 spiro atoms. The molecule has 2 aromatic carbocycles. The van der Waals surface area contributed by atoms with Crippen molar-refractivity contribution in [3.05, 3.63) is 70.8 Å². The van der Waals surface area contributed by atoms with E-state index < -0.39 is 12.0 Å². The van der Waals surface area contributed by atoms with Crippen LogP contribution in [0.3, 0.4) is 0 Å². The number of carbonyl (C=O) groups excluding carboxylic acids is 1. The number of carbonyl (C=O) groups is 1. The maximum atomic E-state index is 12.0. The minimum Gasteiger partial charge on any atom is -0.368 e. The first-order chi connectivity index (χ1) is 10.7. The number of benzene rings is 2. The van der Waals surface area contributed by atoms with Crippen molar-refractivity contribution >= 4 is 5.91 Å². The Morgan fingerprint density at radius 1 is 1.09 bits per heavy atom. The van der Waals surface area contributed by atoms with Crippen molar-refractivity contribution in [2.75, 3.05) is 6.61 Å². The van der Waals surface area contributed by atoms with Crippen molar-refractivity contribution in [1.82, 2.24) is 0 Å². The van der Waals surface area contributed by atoms with Gasteiger partial charge >= 0.3 is 0 Å². The lowest BCUT2D eigenvalue weighted by Crippen LogP contribution is -2.37. The molecule has 22 heavy (non-hydrogen) atoms. The van der Waals surface area contributed by atoms with Gasteiger partial charge in [0, 0.05) is 12.5 Å². The van der Waals surface area contributed by atoms with Gasteiger partial charge in [0.25, 0.3) is 0 Å². The van der Waals surface area contributed by atoms with E-state index in [9.17, 15) is 4.79 Å². The van der Waals surface area contributed by atoms with Crippen molar-refractivity contribution in [1.29, 1.82) is 0 Å². The predicted molar refractivity (Wildman–Crippen MR) is 86.7 cm³/mol. The van der Waals surface area contributed by atoms with E-state index in [1.807, 2.05) is 31.2 Å². The van der Waals surface area contributed by atoms with Gasteiger partial charge in [-0.15, -0.1) is 0 Å². The molecule has 0 heterocycles. The lowest BCUT2D eigenvalue weighted by molar-refractivity contribution is -0.130. The molecule has 1 unspecified atom stereocenters. The molecule has 0 aliphatic heterocycles. The molecule has 0 fully saturated rings. The fourth-order valence-corrected chi connectivity index (χ4v) is 3.42. The monoisotopic (exact) mass is 295 g/mol. The second-order valence-electron chi connectivity index (χ2n) is 5.65. The highest BCUT2D eigenvalue weighted by molar-refractivity contribution is 5.81. The zero-order chi connectivity index (χ0) is 15.5. The molecule has 114 valence electrons. The summed E-state index contributed by atoms with van der Waals surface area (Å²) in [6.45, 7) is 2.36. The Balaban J connectivity index is 2.19. The van der Waals surface area contributed by atoms with Gasteiger partial charge in [0.05, 0.1) is 0 Å². The van der Waals surface area contributed by atoms with Crippen molar-refractivity contribution in [2.45, 2.75) is 31.8 Å². The van der Waals surface area contributed by atoms with Gasteiger partial charge in [0.2, 0.25) is 5.91 Å². The largest absolute Gasteiger partial charge is 0.368 e. The summed E-state index contributed by atoms with van der Waals surface area (Å²) in [7, 11) is 0. The van der Waals surface area contributed by atoms with Gasteiger partial charge in [-0.05, 0) is 42.0 Å². The first-order valence-electron chi connectivity index (χ1n) is 7.79. The van der Waals surface area contributed by atoms with Crippen LogP contribution >= 0.6 is 0 Å². The second-order valence-corrected chi connectivity index (χ2v) is 5.65. The van der Waals surface area contributed by atoms with Crippen LogP contribution in [0.5, 0.6) is 0 Å². The molecule has 0 aromatic heterocycles. The Hall–Kier alpha value is -2.13. The van der Waals surface area contributed by atoms with Gasteiger partial charge < -0.3 is 10.5 Å². The molecule has 0 bridgehead atoms. The maximum absolute atomic E-state index is 12.0. The third-order valence-corrected chi connectivity index (χ3v) is 4.37. The Kier molecular flexibility index (Phi) is 4.25. The lowest BCUT2D eigenvalue weighted by Gasteiger charge is -2.27. The molecule has 3 heteroatoms. The molecule has 1 atom stereocenters. The topological polar surface area (TPSA) is 52.3 Å². The summed E-state index contributed by atoms with van der Waals surface area (Å²) in [4.78, 5) is 12.0. The normalized spacial score (nSPS) is 15.5. The van der Waals surface area contributed by atoms with Crippen molar-refractivity contribution in [2.24, 2.45) is 5.73 Å². The maximum Gasteiger partial charge on any atom is 0.247 e. The van der Waals surface area contributed by atoms with E-state index in [1.165, 1.54) is 11.1 Å². The van der Waals surface area contributed by atoms with Crippen LogP contribution in [0.25, 0.3) is 0 Å². The van der Waals surface area contributed by atoms with Crippen molar-refractivity contribution in [3.8, 4) is 0 Å². The molecule has 1 aliphatic carbocycles. The fraction of sp³-hybridized carbons (Fsp3) is 0.316. The summed E-state index contributed by atoms with van der Waals surface area (Å²) >= 11 is 0. The smallest absolute Gasteiger partial charge is 0.247 e. The van der Waals surface area contributed by atoms with Crippen LogP contribution in [0.1, 0.15) is 35.1 Å². The zero-order valence-electron chi connectivity index (χ0n) is 12.8. The van der Waals surface area contributed by atoms with Gasteiger partial charge in [0.15, 0.2) is 0 Å². The molecule has 1 amide bonds. The summed E-state index contributed by atoms with van der Waals surface area (Å²) < 4.78 is 5.74. The number of amides is 1. The van der Waals surface area contributed by atoms with E-state index in [4.69, 9.17) is 10.5 Å². The summed E-state index contributed by atoms with van der Waals surface area (Å²) in [5.74, 6) is -0.536. The summed E-state index contributed by atoms with van der Waals surface area (Å²) in [6.07, 6.45) is 1.31. The number of hydrogen-bond acceptors (Lipinski definition) is 2. The van der Waals surface area contributed by atoms with Crippen LogP contribution in [-0.2, 0) is 22.4 Å². The zero-order valence-corrected chi connectivity index (χ0v) is 12.8. The molecule has 2 aromatic rings. The van der Waals surface area contributed by atoms with Crippen LogP contribution < -0.4 is 5.73 Å².